The van der Waals surface area contributed by atoms with Crippen LogP contribution in [0.25, 0.3) is 11.0 Å². The van der Waals surface area contributed by atoms with Gasteiger partial charge < -0.3 is 11.1 Å². The number of nitrogens with two attached hydrogens (primary N) is 1. The Bertz CT molecular complexity index is 829. The molecule has 1 heterocycles. The Morgan fingerprint density at radius 2 is 1.86 bits per heavy atom. The number of hydrogen-bond donors (Lipinski definition) is 2. The van der Waals surface area contributed by atoms with E-state index in [0.717, 1.165) is 16.6 Å². The quantitative estimate of drug-likeness (QED) is 0.706. The molecule has 21 heavy (non-hydrogen) atoms. The molecule has 3 aromatic rings. The maximum Gasteiger partial charge on any atom is 0.256 e. The lowest BCUT2D eigenvalue weighted by molar-refractivity contribution is 0.102. The number of anilines is 2. The zero-order chi connectivity index (χ0) is 14.8. The van der Waals surface area contributed by atoms with E-state index in [9.17, 15) is 4.79 Å². The fourth-order valence-corrected chi connectivity index (χ4v) is 2.14. The maximum absolute atomic E-state index is 12.3. The number of nitrogens with one attached hydrogen (secondary N) is 1. The fraction of sp³-hybridized carbons (Fsp3) is 0.0625. The molecule has 0 radical (unpaired) electrons. The van der Waals surface area contributed by atoms with Gasteiger partial charge in [0.25, 0.3) is 5.91 Å². The van der Waals surface area contributed by atoms with Crippen molar-refractivity contribution in [2.24, 2.45) is 0 Å². The van der Waals surface area contributed by atoms with Gasteiger partial charge in [0.2, 0.25) is 0 Å². The van der Waals surface area contributed by atoms with E-state index in [1.165, 1.54) is 0 Å². The molecular formula is C16H14N4O. The predicted octanol–water partition coefficient (Wildman–Crippen LogP) is 2.77. The predicted molar refractivity (Wildman–Crippen MR) is 83.1 cm³/mol. The van der Waals surface area contributed by atoms with E-state index >= 15 is 0 Å². The normalized spacial score (nSPS) is 10.5. The standard InChI is InChI=1S/C16H14N4O/c1-10-12(3-2-4-13(10)17)16(21)20-11-5-6-14-15(9-11)19-8-7-18-14/h2-9H,17H2,1H3,(H,20,21). The number of hydrogen-bond acceptors (Lipinski definition) is 4. The number of aromatic nitrogens is 2. The molecule has 1 amide bonds. The van der Waals surface area contributed by atoms with Gasteiger partial charge in [0.15, 0.2) is 0 Å². The summed E-state index contributed by atoms with van der Waals surface area (Å²) in [5.41, 5.74) is 9.97. The number of rotatable bonds is 2. The molecule has 0 aliphatic heterocycles. The van der Waals surface area contributed by atoms with E-state index in [1.54, 1.807) is 42.7 Å². The number of benzene rings is 2. The largest absolute Gasteiger partial charge is 0.398 e. The van der Waals surface area contributed by atoms with Crippen LogP contribution in [0.4, 0.5) is 11.4 Å². The van der Waals surface area contributed by atoms with Crippen LogP contribution in [0.5, 0.6) is 0 Å². The van der Waals surface area contributed by atoms with Crippen molar-refractivity contribution in [2.75, 3.05) is 11.1 Å². The van der Waals surface area contributed by atoms with Crippen molar-refractivity contribution in [3.8, 4) is 0 Å². The molecule has 0 saturated carbocycles. The molecule has 0 spiro atoms. The van der Waals surface area contributed by atoms with Crippen LogP contribution in [0.2, 0.25) is 0 Å². The molecule has 0 fully saturated rings. The molecule has 0 saturated heterocycles. The average Bonchev–Trinajstić information content (AvgIpc) is 2.50. The van der Waals surface area contributed by atoms with Gasteiger partial charge in [-0.25, -0.2) is 0 Å². The minimum atomic E-state index is -0.192. The number of carbonyl (C=O) groups is 1. The molecule has 0 aliphatic carbocycles. The van der Waals surface area contributed by atoms with E-state index in [1.807, 2.05) is 13.0 Å². The summed E-state index contributed by atoms with van der Waals surface area (Å²) >= 11 is 0. The summed E-state index contributed by atoms with van der Waals surface area (Å²) in [6.45, 7) is 1.83. The van der Waals surface area contributed by atoms with Crippen LogP contribution in [0, 0.1) is 6.92 Å². The Balaban J connectivity index is 1.91. The first-order chi connectivity index (χ1) is 10.1. The molecule has 3 N–H and O–H groups in total. The lowest BCUT2D eigenvalue weighted by Gasteiger charge is -2.09. The van der Waals surface area contributed by atoms with E-state index < -0.39 is 0 Å². The smallest absolute Gasteiger partial charge is 0.256 e. The Kier molecular flexibility index (Phi) is 3.23. The second-order valence-corrected chi connectivity index (χ2v) is 4.73. The number of nitrogens with zero attached hydrogens (tertiary/aromatic N) is 2. The highest BCUT2D eigenvalue weighted by Crippen LogP contribution is 2.19. The molecule has 5 nitrogen and oxygen atoms in total. The van der Waals surface area contributed by atoms with Gasteiger partial charge in [0, 0.05) is 29.3 Å². The van der Waals surface area contributed by atoms with Crippen molar-refractivity contribution in [2.45, 2.75) is 6.92 Å². The zero-order valence-electron chi connectivity index (χ0n) is 11.5. The van der Waals surface area contributed by atoms with Gasteiger partial charge in [0.05, 0.1) is 11.0 Å². The summed E-state index contributed by atoms with van der Waals surface area (Å²) in [7, 11) is 0. The van der Waals surface area contributed by atoms with E-state index in [-0.39, 0.29) is 5.91 Å². The van der Waals surface area contributed by atoms with Gasteiger partial charge >= 0.3 is 0 Å². The van der Waals surface area contributed by atoms with Crippen LogP contribution in [-0.2, 0) is 0 Å². The maximum atomic E-state index is 12.3. The minimum absolute atomic E-state index is 0.192. The van der Waals surface area contributed by atoms with Crippen LogP contribution >= 0.6 is 0 Å². The van der Waals surface area contributed by atoms with Crippen molar-refractivity contribution in [3.63, 3.8) is 0 Å². The molecule has 5 heteroatoms. The molecule has 2 aromatic carbocycles. The summed E-state index contributed by atoms with van der Waals surface area (Å²) in [4.78, 5) is 20.7. The van der Waals surface area contributed by atoms with Crippen molar-refractivity contribution < 1.29 is 4.79 Å². The van der Waals surface area contributed by atoms with Crippen LogP contribution in [0.3, 0.4) is 0 Å². The number of carbonyl (C=O) groups excluding carboxylic acids is 1. The number of nitrogen functional groups attached to an aromatic ring is 1. The van der Waals surface area contributed by atoms with Crippen LogP contribution in [0.1, 0.15) is 15.9 Å². The molecule has 0 atom stereocenters. The van der Waals surface area contributed by atoms with Gasteiger partial charge in [-0.15, -0.1) is 0 Å². The molecule has 3 rings (SSSR count). The number of fused-ring (bicyclic) bond motifs is 1. The summed E-state index contributed by atoms with van der Waals surface area (Å²) in [5.74, 6) is -0.192. The third kappa shape index (κ3) is 2.53. The highest BCUT2D eigenvalue weighted by Gasteiger charge is 2.11. The fourth-order valence-electron chi connectivity index (χ4n) is 2.14. The van der Waals surface area contributed by atoms with Gasteiger partial charge in [-0.3, -0.25) is 14.8 Å². The van der Waals surface area contributed by atoms with Crippen LogP contribution in [0.15, 0.2) is 48.8 Å². The Hall–Kier alpha value is -2.95. The van der Waals surface area contributed by atoms with Crippen LogP contribution in [-0.4, -0.2) is 15.9 Å². The molecule has 1 aromatic heterocycles. The van der Waals surface area contributed by atoms with Crippen molar-refractivity contribution in [1.29, 1.82) is 0 Å². The SMILES string of the molecule is Cc1c(N)cccc1C(=O)Nc1ccc2nccnc2c1. The van der Waals surface area contributed by atoms with Gasteiger partial charge in [-0.2, -0.15) is 0 Å². The number of amides is 1. The van der Waals surface area contributed by atoms with Gasteiger partial charge in [0.1, 0.15) is 0 Å². The van der Waals surface area contributed by atoms with E-state index in [0.29, 0.717) is 16.9 Å². The molecular weight excluding hydrogens is 264 g/mol. The Labute approximate surface area is 121 Å². The monoisotopic (exact) mass is 278 g/mol. The van der Waals surface area contributed by atoms with Gasteiger partial charge in [-0.1, -0.05) is 6.07 Å². The first kappa shape index (κ1) is 13.1. The minimum Gasteiger partial charge on any atom is -0.398 e. The molecule has 0 aliphatic rings. The first-order valence-electron chi connectivity index (χ1n) is 6.52. The average molecular weight is 278 g/mol. The third-order valence-corrected chi connectivity index (χ3v) is 3.35. The van der Waals surface area contributed by atoms with E-state index in [4.69, 9.17) is 5.73 Å². The highest BCUT2D eigenvalue weighted by atomic mass is 16.1. The second kappa shape index (κ2) is 5.20. The highest BCUT2D eigenvalue weighted by molar-refractivity contribution is 6.06. The molecule has 0 bridgehead atoms. The molecule has 0 unspecified atom stereocenters. The molecule has 104 valence electrons. The van der Waals surface area contributed by atoms with Crippen LogP contribution < -0.4 is 11.1 Å². The van der Waals surface area contributed by atoms with E-state index in [2.05, 4.69) is 15.3 Å². The first-order valence-corrected chi connectivity index (χ1v) is 6.52. The Morgan fingerprint density at radius 3 is 2.67 bits per heavy atom. The summed E-state index contributed by atoms with van der Waals surface area (Å²) in [6, 6.07) is 10.7. The van der Waals surface area contributed by atoms with Crippen molar-refractivity contribution >= 4 is 28.3 Å². The van der Waals surface area contributed by atoms with Crippen molar-refractivity contribution in [3.05, 3.63) is 59.9 Å². The van der Waals surface area contributed by atoms with Gasteiger partial charge in [-0.05, 0) is 42.8 Å². The lowest BCUT2D eigenvalue weighted by Crippen LogP contribution is -2.14. The Morgan fingerprint density at radius 1 is 1.10 bits per heavy atom. The third-order valence-electron chi connectivity index (χ3n) is 3.35. The van der Waals surface area contributed by atoms with Crippen molar-refractivity contribution in [1.82, 2.24) is 9.97 Å². The second-order valence-electron chi connectivity index (χ2n) is 4.73. The summed E-state index contributed by atoms with van der Waals surface area (Å²) < 4.78 is 0. The summed E-state index contributed by atoms with van der Waals surface area (Å²) in [6.07, 6.45) is 3.26. The zero-order valence-corrected chi connectivity index (χ0v) is 11.5. The topological polar surface area (TPSA) is 80.9 Å². The summed E-state index contributed by atoms with van der Waals surface area (Å²) in [5, 5.41) is 2.86. The lowest BCUT2D eigenvalue weighted by atomic mass is 10.1.